The van der Waals surface area contributed by atoms with Gasteiger partial charge >= 0.3 is 0 Å². The van der Waals surface area contributed by atoms with Crippen LogP contribution in [0.4, 0.5) is 14.6 Å². The Bertz CT molecular complexity index is 1320. The molecule has 2 heterocycles. The number of pyridine rings is 1. The van der Waals surface area contributed by atoms with Crippen LogP contribution in [0.3, 0.4) is 0 Å². The van der Waals surface area contributed by atoms with Crippen LogP contribution in [0.5, 0.6) is 0 Å². The van der Waals surface area contributed by atoms with E-state index in [0.717, 1.165) is 24.4 Å². The van der Waals surface area contributed by atoms with Crippen molar-refractivity contribution in [2.45, 2.75) is 10.1 Å². The van der Waals surface area contributed by atoms with Crippen LogP contribution in [0.25, 0.3) is 0 Å². The second-order valence-corrected chi connectivity index (χ2v) is 11.0. The first-order valence-electron chi connectivity index (χ1n) is 11.0. The Morgan fingerprint density at radius 3 is 2.44 bits per heavy atom. The van der Waals surface area contributed by atoms with E-state index in [1.54, 1.807) is 0 Å². The molecular formula is C24H22Cl2F2N3O4S-. The van der Waals surface area contributed by atoms with Gasteiger partial charge in [-0.25, -0.2) is 22.2 Å². The third-order valence-corrected chi connectivity index (χ3v) is 8.45. The van der Waals surface area contributed by atoms with Gasteiger partial charge in [0.2, 0.25) is 0 Å². The molecule has 0 aliphatic carbocycles. The SMILES string of the molecule is O=S(=O)(c1ccc(Cl)cc1)C(c1cc(F)ccc1F)c1cc(N([O-])CCN2CCOCC2)ncc1Cl. The summed E-state index contributed by atoms with van der Waals surface area (Å²) in [5.74, 6) is -1.88. The minimum atomic E-state index is -4.38. The van der Waals surface area contributed by atoms with Gasteiger partial charge in [0.05, 0.1) is 23.1 Å². The van der Waals surface area contributed by atoms with Crippen LogP contribution in [0.15, 0.2) is 59.6 Å². The average molecular weight is 557 g/mol. The molecule has 7 nitrogen and oxygen atoms in total. The lowest BCUT2D eigenvalue weighted by Crippen LogP contribution is -2.40. The molecule has 0 N–H and O–H groups in total. The maximum Gasteiger partial charge on any atom is 0.189 e. The van der Waals surface area contributed by atoms with E-state index in [1.807, 2.05) is 0 Å². The van der Waals surface area contributed by atoms with E-state index in [0.29, 0.717) is 42.9 Å². The fourth-order valence-corrected chi connectivity index (χ4v) is 6.16. The summed E-state index contributed by atoms with van der Waals surface area (Å²) in [6, 6.07) is 9.01. The van der Waals surface area contributed by atoms with Gasteiger partial charge in [0, 0.05) is 43.0 Å². The topological polar surface area (TPSA) is 85.8 Å². The molecule has 3 aromatic rings. The second kappa shape index (κ2) is 11.4. The lowest BCUT2D eigenvalue weighted by Gasteiger charge is -2.34. The number of rotatable bonds is 8. The Hall–Kier alpha value is -2.34. The minimum Gasteiger partial charge on any atom is -0.757 e. The van der Waals surface area contributed by atoms with Gasteiger partial charge in [-0.2, -0.15) is 0 Å². The summed E-state index contributed by atoms with van der Waals surface area (Å²) in [4.78, 5) is 5.92. The molecule has 1 aliphatic heterocycles. The Labute approximate surface area is 217 Å². The zero-order valence-corrected chi connectivity index (χ0v) is 21.2. The van der Waals surface area contributed by atoms with Crippen LogP contribution in [0.1, 0.15) is 16.4 Å². The third-order valence-electron chi connectivity index (χ3n) is 5.82. The molecule has 0 radical (unpaired) electrons. The largest absolute Gasteiger partial charge is 0.757 e. The van der Waals surface area contributed by atoms with Crippen molar-refractivity contribution < 1.29 is 21.9 Å². The van der Waals surface area contributed by atoms with Crippen molar-refractivity contribution in [2.24, 2.45) is 0 Å². The highest BCUT2D eigenvalue weighted by Crippen LogP contribution is 2.40. The van der Waals surface area contributed by atoms with Crippen LogP contribution >= 0.6 is 23.2 Å². The van der Waals surface area contributed by atoms with Crippen LogP contribution in [0.2, 0.25) is 10.0 Å². The van der Waals surface area contributed by atoms with Crippen LogP contribution in [0, 0.1) is 16.8 Å². The van der Waals surface area contributed by atoms with Crippen LogP contribution in [-0.2, 0) is 14.6 Å². The molecule has 1 aromatic heterocycles. The summed E-state index contributed by atoms with van der Waals surface area (Å²) >= 11 is 12.3. The number of hydrogen-bond acceptors (Lipinski definition) is 7. The highest BCUT2D eigenvalue weighted by Gasteiger charge is 2.35. The van der Waals surface area contributed by atoms with Crippen LogP contribution in [-0.4, -0.2) is 57.7 Å². The summed E-state index contributed by atoms with van der Waals surface area (Å²) in [7, 11) is -4.38. The molecule has 1 fully saturated rings. The number of sulfone groups is 1. The monoisotopic (exact) mass is 556 g/mol. The maximum absolute atomic E-state index is 14.9. The van der Waals surface area contributed by atoms with E-state index < -0.39 is 32.3 Å². The first-order valence-corrected chi connectivity index (χ1v) is 13.3. The molecule has 36 heavy (non-hydrogen) atoms. The van der Waals surface area contributed by atoms with Crippen molar-refractivity contribution in [1.29, 1.82) is 0 Å². The third kappa shape index (κ3) is 5.96. The summed E-state index contributed by atoms with van der Waals surface area (Å²) in [5.41, 5.74) is -0.553. The van der Waals surface area contributed by atoms with E-state index in [4.69, 9.17) is 27.9 Å². The molecule has 0 spiro atoms. The van der Waals surface area contributed by atoms with Gasteiger partial charge < -0.3 is 15.0 Å². The van der Waals surface area contributed by atoms with Crippen molar-refractivity contribution >= 4 is 38.9 Å². The maximum atomic E-state index is 14.9. The summed E-state index contributed by atoms with van der Waals surface area (Å²) in [6.45, 7) is 3.02. The number of halogens is 4. The molecule has 4 rings (SSSR count). The number of morpholine rings is 1. The standard InChI is InChI=1S/C24H22Cl2F2N3O4S/c25-16-1-4-18(5-2-16)36(33,34)24(20-13-17(27)3-6-22(20)28)19-14-23(29-15-21(19)26)31(32)8-7-30-9-11-35-12-10-30/h1-6,13-15,24H,7-12H2/q-1. The van der Waals surface area contributed by atoms with E-state index >= 15 is 0 Å². The molecular weight excluding hydrogens is 535 g/mol. The van der Waals surface area contributed by atoms with E-state index in [9.17, 15) is 22.4 Å². The van der Waals surface area contributed by atoms with Gasteiger partial charge in [0.15, 0.2) is 9.84 Å². The van der Waals surface area contributed by atoms with Gasteiger partial charge in [0.1, 0.15) is 22.7 Å². The molecule has 2 aromatic carbocycles. The molecule has 0 bridgehead atoms. The number of hydrogen-bond donors (Lipinski definition) is 0. The quantitative estimate of drug-likeness (QED) is 0.366. The summed E-state index contributed by atoms with van der Waals surface area (Å²) < 4.78 is 61.9. The van der Waals surface area contributed by atoms with Crippen molar-refractivity contribution in [3.05, 3.63) is 92.7 Å². The lowest BCUT2D eigenvalue weighted by molar-refractivity contribution is 0.0393. The lowest BCUT2D eigenvalue weighted by atomic mass is 10.0. The zero-order valence-electron chi connectivity index (χ0n) is 18.9. The molecule has 12 heteroatoms. The average Bonchev–Trinajstić information content (AvgIpc) is 2.86. The van der Waals surface area contributed by atoms with Gasteiger partial charge in [-0.3, -0.25) is 4.90 Å². The van der Waals surface area contributed by atoms with Gasteiger partial charge in [0.25, 0.3) is 0 Å². The fraction of sp³-hybridized carbons (Fsp3) is 0.292. The number of ether oxygens (including phenoxy) is 1. The van der Waals surface area contributed by atoms with Crippen molar-refractivity contribution in [3.8, 4) is 0 Å². The van der Waals surface area contributed by atoms with Gasteiger partial charge in [-0.15, -0.1) is 0 Å². The highest BCUT2D eigenvalue weighted by molar-refractivity contribution is 7.92. The molecule has 1 atom stereocenters. The Kier molecular flexibility index (Phi) is 8.44. The fourth-order valence-electron chi connectivity index (χ4n) is 3.93. The Morgan fingerprint density at radius 1 is 1.06 bits per heavy atom. The number of hydroxylamine groups is 1. The number of benzene rings is 2. The molecule has 192 valence electrons. The summed E-state index contributed by atoms with van der Waals surface area (Å²) in [6.07, 6.45) is 1.13. The van der Waals surface area contributed by atoms with Gasteiger partial charge in [-0.05, 0) is 54.1 Å². The minimum absolute atomic E-state index is 0.0526. The smallest absolute Gasteiger partial charge is 0.189 e. The first kappa shape index (κ1) is 26.7. The predicted octanol–water partition coefficient (Wildman–Crippen LogP) is 4.87. The highest BCUT2D eigenvalue weighted by atomic mass is 35.5. The number of anilines is 1. The Morgan fingerprint density at radius 2 is 1.75 bits per heavy atom. The summed E-state index contributed by atoms with van der Waals surface area (Å²) in [5, 5.41) is 11.9. The zero-order chi connectivity index (χ0) is 25.9. The van der Waals surface area contributed by atoms with Gasteiger partial charge in [-0.1, -0.05) is 23.2 Å². The Balaban J connectivity index is 1.76. The van der Waals surface area contributed by atoms with Crippen molar-refractivity contribution in [2.75, 3.05) is 44.5 Å². The van der Waals surface area contributed by atoms with E-state index in [1.165, 1.54) is 30.3 Å². The molecule has 1 saturated heterocycles. The first-order chi connectivity index (χ1) is 17.2. The van der Waals surface area contributed by atoms with Crippen LogP contribution < -0.4 is 5.06 Å². The van der Waals surface area contributed by atoms with Crippen molar-refractivity contribution in [1.82, 2.24) is 9.88 Å². The second-order valence-electron chi connectivity index (χ2n) is 8.16. The normalized spacial score (nSPS) is 15.6. The molecule has 0 amide bonds. The molecule has 0 saturated carbocycles. The predicted molar refractivity (Wildman–Crippen MR) is 134 cm³/mol. The number of nitrogens with zero attached hydrogens (tertiary/aromatic N) is 3. The number of aromatic nitrogens is 1. The van der Waals surface area contributed by atoms with E-state index in [2.05, 4.69) is 9.88 Å². The van der Waals surface area contributed by atoms with E-state index in [-0.39, 0.29) is 27.8 Å². The molecule has 1 unspecified atom stereocenters. The molecule has 1 aliphatic rings. The van der Waals surface area contributed by atoms with Crippen molar-refractivity contribution in [3.63, 3.8) is 0 Å².